The topological polar surface area (TPSA) is 54.2 Å². The Balaban J connectivity index is 1.84. The number of aryl methyl sites for hydroxylation is 1. The van der Waals surface area contributed by atoms with Crippen LogP contribution in [-0.4, -0.2) is 28.8 Å². The molecule has 2 aromatic rings. The summed E-state index contributed by atoms with van der Waals surface area (Å²) in [5, 5.41) is 11.5. The average molecular weight is 320 g/mol. The van der Waals surface area contributed by atoms with Crippen molar-refractivity contribution in [2.75, 3.05) is 13.1 Å². The summed E-state index contributed by atoms with van der Waals surface area (Å²) in [6, 6.07) is 7.92. The van der Waals surface area contributed by atoms with E-state index in [1.54, 1.807) is 4.68 Å². The van der Waals surface area contributed by atoms with Crippen molar-refractivity contribution < 1.29 is 0 Å². The van der Waals surface area contributed by atoms with Gasteiger partial charge in [0.15, 0.2) is 5.96 Å². The van der Waals surface area contributed by atoms with Gasteiger partial charge >= 0.3 is 0 Å². The maximum absolute atomic E-state index is 5.89. The minimum absolute atomic E-state index is 0.615. The number of halogens is 1. The van der Waals surface area contributed by atoms with Crippen molar-refractivity contribution in [2.24, 2.45) is 12.0 Å². The predicted octanol–water partition coefficient (Wildman–Crippen LogP) is 2.37. The molecule has 0 aliphatic heterocycles. The average Bonchev–Trinajstić information content (AvgIpc) is 2.92. The van der Waals surface area contributed by atoms with Crippen LogP contribution in [0.15, 0.2) is 41.7 Å². The Kier molecular flexibility index (Phi) is 6.27. The lowest BCUT2D eigenvalue weighted by Crippen LogP contribution is -2.38. The van der Waals surface area contributed by atoms with Crippen LogP contribution < -0.4 is 10.6 Å². The number of hydrogen-bond donors (Lipinski definition) is 2. The summed E-state index contributed by atoms with van der Waals surface area (Å²) in [6.07, 6.45) is 4.73. The lowest BCUT2D eigenvalue weighted by molar-refractivity contribution is 0.766. The number of nitrogens with one attached hydrogen (secondary N) is 2. The number of aromatic nitrogens is 2. The van der Waals surface area contributed by atoms with Gasteiger partial charge < -0.3 is 10.6 Å². The van der Waals surface area contributed by atoms with Crippen molar-refractivity contribution in [1.82, 2.24) is 20.4 Å². The number of guanidine groups is 1. The molecule has 1 aromatic carbocycles. The smallest absolute Gasteiger partial charge is 0.191 e. The summed E-state index contributed by atoms with van der Waals surface area (Å²) in [5.74, 6) is 0.820. The zero-order valence-corrected chi connectivity index (χ0v) is 13.8. The second-order valence-electron chi connectivity index (χ2n) is 5.02. The van der Waals surface area contributed by atoms with Gasteiger partial charge in [-0.05, 0) is 31.0 Å². The molecule has 0 unspecified atom stereocenters. The molecular weight excluding hydrogens is 298 g/mol. The quantitative estimate of drug-likeness (QED) is 0.635. The summed E-state index contributed by atoms with van der Waals surface area (Å²) >= 11 is 5.89. The number of rotatable bonds is 6. The normalized spacial score (nSPS) is 11.5. The van der Waals surface area contributed by atoms with Gasteiger partial charge in [0.05, 0.1) is 12.7 Å². The van der Waals surface area contributed by atoms with Gasteiger partial charge in [-0.1, -0.05) is 23.7 Å². The predicted molar refractivity (Wildman–Crippen MR) is 91.2 cm³/mol. The standard InChI is InChI=1S/C16H22ClN5/c1-3-18-16(20-10-14-11-21-22(2)12-14)19-9-8-13-4-6-15(17)7-5-13/h4-7,11-12H,3,8-10H2,1-2H3,(H2,18,19,20). The van der Waals surface area contributed by atoms with Crippen LogP contribution in [0.3, 0.4) is 0 Å². The van der Waals surface area contributed by atoms with Gasteiger partial charge in [0.25, 0.3) is 0 Å². The van der Waals surface area contributed by atoms with E-state index in [-0.39, 0.29) is 0 Å². The Hall–Kier alpha value is -2.01. The molecule has 0 amide bonds. The van der Waals surface area contributed by atoms with E-state index in [2.05, 4.69) is 27.6 Å². The summed E-state index contributed by atoms with van der Waals surface area (Å²) < 4.78 is 1.78. The first kappa shape index (κ1) is 16.4. The monoisotopic (exact) mass is 319 g/mol. The maximum Gasteiger partial charge on any atom is 0.191 e. The Labute approximate surface area is 136 Å². The molecule has 1 heterocycles. The third-order valence-corrected chi connectivity index (χ3v) is 3.39. The number of aliphatic imine (C=N–C) groups is 1. The number of nitrogens with zero attached hydrogens (tertiary/aromatic N) is 3. The van der Waals surface area contributed by atoms with Crippen molar-refractivity contribution in [1.29, 1.82) is 0 Å². The third-order valence-electron chi connectivity index (χ3n) is 3.14. The Morgan fingerprint density at radius 2 is 2.00 bits per heavy atom. The van der Waals surface area contributed by atoms with Crippen LogP contribution >= 0.6 is 11.6 Å². The Morgan fingerprint density at radius 3 is 2.64 bits per heavy atom. The lowest BCUT2D eigenvalue weighted by atomic mass is 10.1. The van der Waals surface area contributed by atoms with Crippen LogP contribution in [0.4, 0.5) is 0 Å². The van der Waals surface area contributed by atoms with E-state index in [4.69, 9.17) is 11.6 Å². The summed E-state index contributed by atoms with van der Waals surface area (Å²) in [4.78, 5) is 4.56. The van der Waals surface area contributed by atoms with E-state index in [1.807, 2.05) is 43.7 Å². The maximum atomic E-state index is 5.89. The van der Waals surface area contributed by atoms with Gasteiger partial charge in [-0.25, -0.2) is 4.99 Å². The zero-order valence-electron chi connectivity index (χ0n) is 13.0. The lowest BCUT2D eigenvalue weighted by Gasteiger charge is -2.11. The van der Waals surface area contributed by atoms with Gasteiger partial charge in [0, 0.05) is 36.9 Å². The third kappa shape index (κ3) is 5.41. The fourth-order valence-electron chi connectivity index (χ4n) is 2.04. The van der Waals surface area contributed by atoms with Crippen molar-refractivity contribution >= 4 is 17.6 Å². The highest BCUT2D eigenvalue weighted by atomic mass is 35.5. The molecule has 0 saturated heterocycles. The van der Waals surface area contributed by atoms with Crippen LogP contribution in [0.5, 0.6) is 0 Å². The largest absolute Gasteiger partial charge is 0.357 e. The van der Waals surface area contributed by atoms with E-state index in [0.717, 1.165) is 36.1 Å². The molecule has 6 heteroatoms. The van der Waals surface area contributed by atoms with Crippen LogP contribution in [0.1, 0.15) is 18.1 Å². The second-order valence-corrected chi connectivity index (χ2v) is 5.46. The van der Waals surface area contributed by atoms with Gasteiger partial charge in [-0.3, -0.25) is 4.68 Å². The number of hydrogen-bond acceptors (Lipinski definition) is 2. The Bertz CT molecular complexity index is 603. The van der Waals surface area contributed by atoms with Crippen LogP contribution in [-0.2, 0) is 20.0 Å². The molecule has 0 fully saturated rings. The van der Waals surface area contributed by atoms with Crippen molar-refractivity contribution in [3.8, 4) is 0 Å². The molecule has 0 radical (unpaired) electrons. The molecule has 0 atom stereocenters. The van der Waals surface area contributed by atoms with Gasteiger partial charge in [-0.15, -0.1) is 0 Å². The summed E-state index contributed by atoms with van der Waals surface area (Å²) in [7, 11) is 1.91. The fourth-order valence-corrected chi connectivity index (χ4v) is 2.17. The molecule has 0 bridgehead atoms. The molecule has 0 aliphatic carbocycles. The first-order valence-electron chi connectivity index (χ1n) is 7.41. The zero-order chi connectivity index (χ0) is 15.8. The highest BCUT2D eigenvalue weighted by Gasteiger charge is 2.00. The van der Waals surface area contributed by atoms with Gasteiger partial charge in [0.2, 0.25) is 0 Å². The molecule has 0 saturated carbocycles. The molecular formula is C16H22ClN5. The van der Waals surface area contributed by atoms with Gasteiger partial charge in [-0.2, -0.15) is 5.10 Å². The van der Waals surface area contributed by atoms with Crippen LogP contribution in [0.25, 0.3) is 0 Å². The molecule has 0 spiro atoms. The minimum Gasteiger partial charge on any atom is -0.357 e. The molecule has 5 nitrogen and oxygen atoms in total. The van der Waals surface area contributed by atoms with Crippen molar-refractivity contribution in [3.05, 3.63) is 52.8 Å². The second kappa shape index (κ2) is 8.44. The highest BCUT2D eigenvalue weighted by molar-refractivity contribution is 6.30. The molecule has 2 rings (SSSR count). The first-order valence-corrected chi connectivity index (χ1v) is 7.79. The van der Waals surface area contributed by atoms with E-state index in [0.29, 0.717) is 6.54 Å². The minimum atomic E-state index is 0.615. The van der Waals surface area contributed by atoms with E-state index < -0.39 is 0 Å². The van der Waals surface area contributed by atoms with Crippen molar-refractivity contribution in [2.45, 2.75) is 19.9 Å². The van der Waals surface area contributed by atoms with E-state index in [9.17, 15) is 0 Å². The molecule has 0 aliphatic rings. The highest BCUT2D eigenvalue weighted by Crippen LogP contribution is 2.09. The van der Waals surface area contributed by atoms with Gasteiger partial charge in [0.1, 0.15) is 0 Å². The number of benzene rings is 1. The molecule has 22 heavy (non-hydrogen) atoms. The van der Waals surface area contributed by atoms with Crippen LogP contribution in [0.2, 0.25) is 5.02 Å². The van der Waals surface area contributed by atoms with Crippen LogP contribution in [0, 0.1) is 0 Å². The summed E-state index contributed by atoms with van der Waals surface area (Å²) in [6.45, 7) is 4.32. The SMILES string of the molecule is CCNC(=NCc1cnn(C)c1)NCCc1ccc(Cl)cc1. The van der Waals surface area contributed by atoms with E-state index >= 15 is 0 Å². The summed E-state index contributed by atoms with van der Waals surface area (Å²) in [5.41, 5.74) is 2.34. The Morgan fingerprint density at radius 1 is 1.23 bits per heavy atom. The first-order chi connectivity index (χ1) is 10.7. The van der Waals surface area contributed by atoms with Crippen molar-refractivity contribution in [3.63, 3.8) is 0 Å². The molecule has 1 aromatic heterocycles. The van der Waals surface area contributed by atoms with E-state index in [1.165, 1.54) is 5.56 Å². The molecule has 118 valence electrons. The molecule has 2 N–H and O–H groups in total. The fraction of sp³-hybridized carbons (Fsp3) is 0.375.